The normalized spacial score (nSPS) is 11.9. The summed E-state index contributed by atoms with van der Waals surface area (Å²) >= 11 is 0. The minimum atomic E-state index is -5.39. The first-order valence-corrected chi connectivity index (χ1v) is 17.9. The fraction of sp³-hybridized carbons (Fsp3) is 0. The quantitative estimate of drug-likeness (QED) is 0.0451. The van der Waals surface area contributed by atoms with Crippen molar-refractivity contribution in [3.8, 4) is 22.6 Å². The fourth-order valence-corrected chi connectivity index (χ4v) is 6.33. The van der Waals surface area contributed by atoms with Crippen LogP contribution in [0.25, 0.3) is 21.9 Å². The number of non-ortho nitro benzene ring substituents is 1. The van der Waals surface area contributed by atoms with Gasteiger partial charge in [0.25, 0.3) is 5.69 Å². The van der Waals surface area contributed by atoms with Gasteiger partial charge in [-0.1, -0.05) is 24.3 Å². The Morgan fingerprint density at radius 3 is 1.32 bits per heavy atom. The van der Waals surface area contributed by atoms with Gasteiger partial charge in [0.15, 0.2) is 5.75 Å². The van der Waals surface area contributed by atoms with E-state index < -0.39 is 68.5 Å². The van der Waals surface area contributed by atoms with E-state index in [1.165, 1.54) is 36.4 Å². The van der Waals surface area contributed by atoms with E-state index in [-0.39, 0.29) is 81.9 Å². The molecule has 0 amide bonds. The van der Waals surface area contributed by atoms with E-state index in [4.69, 9.17) is 5.73 Å². The number of nitro benzene ring substituents is 1. The molecule has 0 radical (unpaired) electrons. The first-order chi connectivity index (χ1) is 25.6. The van der Waals surface area contributed by atoms with Crippen LogP contribution < -0.4 is 64.8 Å². The molecule has 0 fully saturated rings. The van der Waals surface area contributed by atoms with Crippen molar-refractivity contribution in [2.45, 2.75) is 9.79 Å². The average molecular weight is 813 g/mol. The van der Waals surface area contributed by atoms with E-state index in [2.05, 4.69) is 30.7 Å². The molecular formula is C34H22N8Na2O10S2. The summed E-state index contributed by atoms with van der Waals surface area (Å²) in [4.78, 5) is 8.13. The van der Waals surface area contributed by atoms with E-state index in [1.807, 2.05) is 0 Å². The van der Waals surface area contributed by atoms with Crippen molar-refractivity contribution in [1.29, 1.82) is 0 Å². The minimum Gasteiger partial charge on any atom is -0.744 e. The number of nitrogens with two attached hydrogens (primary N) is 1. The van der Waals surface area contributed by atoms with Gasteiger partial charge in [0.1, 0.15) is 37.4 Å². The Kier molecular flexibility index (Phi) is 13.9. The van der Waals surface area contributed by atoms with Crippen LogP contribution in [0.4, 0.5) is 45.5 Å². The van der Waals surface area contributed by atoms with Gasteiger partial charge in [-0.2, -0.15) is 20.5 Å². The van der Waals surface area contributed by atoms with E-state index in [0.717, 1.165) is 23.3 Å². The first-order valence-electron chi connectivity index (χ1n) is 15.1. The molecule has 18 nitrogen and oxygen atoms in total. The maximum Gasteiger partial charge on any atom is 1.00 e. The van der Waals surface area contributed by atoms with Gasteiger partial charge in [-0.05, 0) is 89.3 Å². The smallest absolute Gasteiger partial charge is 0.744 e. The zero-order valence-corrected chi connectivity index (χ0v) is 34.7. The van der Waals surface area contributed by atoms with Gasteiger partial charge in [-0.25, -0.2) is 16.8 Å². The van der Waals surface area contributed by atoms with E-state index in [0.29, 0.717) is 23.5 Å². The van der Waals surface area contributed by atoms with Crippen molar-refractivity contribution in [1.82, 2.24) is 0 Å². The zero-order valence-electron chi connectivity index (χ0n) is 29.1. The van der Waals surface area contributed by atoms with Gasteiger partial charge >= 0.3 is 59.1 Å². The second kappa shape index (κ2) is 17.9. The van der Waals surface area contributed by atoms with Gasteiger partial charge in [-0.15, -0.1) is 10.2 Å². The van der Waals surface area contributed by atoms with Crippen molar-refractivity contribution in [2.24, 2.45) is 30.7 Å². The van der Waals surface area contributed by atoms with Crippen LogP contribution in [0, 0.1) is 10.1 Å². The molecule has 0 bridgehead atoms. The molecule has 56 heavy (non-hydrogen) atoms. The largest absolute Gasteiger partial charge is 1.00 e. The number of fused-ring (bicyclic) bond motifs is 1. The van der Waals surface area contributed by atoms with Crippen LogP contribution in [0.5, 0.6) is 11.5 Å². The van der Waals surface area contributed by atoms with Crippen LogP contribution in [0.3, 0.4) is 0 Å². The number of azo groups is 3. The molecule has 4 N–H and O–H groups in total. The molecule has 22 heteroatoms. The van der Waals surface area contributed by atoms with Crippen LogP contribution in [0.2, 0.25) is 0 Å². The van der Waals surface area contributed by atoms with E-state index in [1.54, 1.807) is 48.5 Å². The van der Waals surface area contributed by atoms with Gasteiger partial charge in [0.2, 0.25) is 0 Å². The maximum atomic E-state index is 12.3. The summed E-state index contributed by atoms with van der Waals surface area (Å²) in [6.07, 6.45) is 0. The molecule has 0 spiro atoms. The fourth-order valence-electron chi connectivity index (χ4n) is 5.02. The van der Waals surface area contributed by atoms with Crippen molar-refractivity contribution in [3.63, 3.8) is 0 Å². The molecule has 0 heterocycles. The summed E-state index contributed by atoms with van der Waals surface area (Å²) in [6, 6.07) is 25.6. The molecule has 272 valence electrons. The van der Waals surface area contributed by atoms with Crippen LogP contribution >= 0.6 is 0 Å². The summed E-state index contributed by atoms with van der Waals surface area (Å²) in [6.45, 7) is 0. The third-order valence-electron chi connectivity index (χ3n) is 7.64. The monoisotopic (exact) mass is 812 g/mol. The van der Waals surface area contributed by atoms with Gasteiger partial charge in [-0.3, -0.25) is 10.1 Å². The molecule has 0 aliphatic heterocycles. The topological polar surface area (TPSA) is 298 Å². The number of nitro groups is 1. The molecule has 6 aromatic carbocycles. The molecule has 0 unspecified atom stereocenters. The van der Waals surface area contributed by atoms with E-state index in [9.17, 15) is 46.3 Å². The predicted octanol–water partition coefficient (Wildman–Crippen LogP) is 2.47. The van der Waals surface area contributed by atoms with Crippen LogP contribution in [-0.2, 0) is 20.2 Å². The Morgan fingerprint density at radius 2 is 0.911 bits per heavy atom. The number of hydrogen-bond donors (Lipinski definition) is 3. The Morgan fingerprint density at radius 1 is 0.554 bits per heavy atom. The second-order valence-electron chi connectivity index (χ2n) is 11.2. The second-order valence-corrected chi connectivity index (χ2v) is 13.9. The number of anilines is 1. The number of aromatic hydroxyl groups is 2. The summed E-state index contributed by atoms with van der Waals surface area (Å²) in [5.74, 6) is -0.886. The molecule has 0 saturated carbocycles. The van der Waals surface area contributed by atoms with Crippen molar-refractivity contribution >= 4 is 76.5 Å². The van der Waals surface area contributed by atoms with Crippen LogP contribution in [-0.4, -0.2) is 41.1 Å². The summed E-state index contributed by atoms with van der Waals surface area (Å²) in [5, 5.41) is 54.4. The summed E-state index contributed by atoms with van der Waals surface area (Å²) in [5.41, 5.74) is 6.54. The zero-order chi connectivity index (χ0) is 38.8. The maximum absolute atomic E-state index is 12.3. The molecule has 0 saturated heterocycles. The predicted molar refractivity (Wildman–Crippen MR) is 192 cm³/mol. The first kappa shape index (κ1) is 43.7. The Bertz CT molecular complexity index is 2750. The van der Waals surface area contributed by atoms with Crippen LogP contribution in [0.1, 0.15) is 0 Å². The molecule has 6 rings (SSSR count). The summed E-state index contributed by atoms with van der Waals surface area (Å²) < 4.78 is 73.5. The van der Waals surface area contributed by atoms with Crippen molar-refractivity contribution in [3.05, 3.63) is 119 Å². The van der Waals surface area contributed by atoms with E-state index >= 15 is 0 Å². The summed E-state index contributed by atoms with van der Waals surface area (Å²) in [7, 11) is -10.8. The number of phenols is 2. The number of hydrogen-bond acceptors (Lipinski definition) is 17. The number of benzene rings is 6. The third-order valence-corrected chi connectivity index (χ3v) is 9.34. The molecular weight excluding hydrogens is 791 g/mol. The van der Waals surface area contributed by atoms with Crippen molar-refractivity contribution in [2.75, 3.05) is 5.73 Å². The van der Waals surface area contributed by atoms with Crippen molar-refractivity contribution < 1.29 is 100 Å². The van der Waals surface area contributed by atoms with Gasteiger partial charge < -0.3 is 25.1 Å². The number of nitrogen functional groups attached to an aromatic ring is 1. The molecule has 0 aromatic heterocycles. The average Bonchev–Trinajstić information content (AvgIpc) is 3.13. The minimum absolute atomic E-state index is 0. The Hall–Kier alpha value is -5.00. The molecule has 0 aliphatic carbocycles. The number of phenolic OH excluding ortho intramolecular Hbond substituents is 2. The molecule has 0 aliphatic rings. The van der Waals surface area contributed by atoms with Crippen LogP contribution in [0.15, 0.2) is 150 Å². The SMILES string of the molecule is Nc1c(N=Nc2ccc([N+](=O)[O-])cc2)c(S(=O)(=O)[O-])cc2cc(S(=O)(=O)[O-])c(N=Nc3ccc(-c4ccc(N=Nc5ccc(O)cc5)cc4)cc3)c(O)c12.[Na+].[Na+]. The third kappa shape index (κ3) is 10.0. The molecule has 0 atom stereocenters. The standard InChI is InChI=1S/C34H24N8O10S2.2Na/c35-31-30-21(17-28(53(47,48)49)32(31)40-38-24-9-13-26(14-10-24)42(45)46)18-29(54(50,51)52)33(34(30)44)41-39-23-7-3-20(4-8-23)19-1-5-22(6-2-19)36-37-25-11-15-27(43)16-12-25;;/h1-18,43-44H,35H2,(H,47,48,49)(H,50,51,52);;/q;2*+1/p-2. The van der Waals surface area contributed by atoms with Gasteiger partial charge in [0.05, 0.1) is 48.5 Å². The van der Waals surface area contributed by atoms with Gasteiger partial charge in [0, 0.05) is 12.1 Å². The number of rotatable bonds is 10. The number of nitrogens with zero attached hydrogens (tertiary/aromatic N) is 7. The Balaban J connectivity index is 0.00000348. The molecule has 6 aromatic rings. The Labute approximate surface area is 361 Å².